The predicted molar refractivity (Wildman–Crippen MR) is 316 cm³/mol. The van der Waals surface area contributed by atoms with Gasteiger partial charge in [0.05, 0.1) is 27.7 Å². The van der Waals surface area contributed by atoms with Crippen LogP contribution < -0.4 is 0 Å². The number of quaternary nitrogens is 1. The molecule has 0 aromatic rings. The Balaban J connectivity index is 4.19. The first-order valence-electron chi connectivity index (χ1n) is 29.6. The highest BCUT2D eigenvalue weighted by atomic mass is 31.2. The number of allylic oxidation sites excluding steroid dienone is 18. The lowest BCUT2D eigenvalue weighted by Gasteiger charge is -2.24. The summed E-state index contributed by atoms with van der Waals surface area (Å²) in [6.45, 7) is 4.28. The number of phosphoric ester groups is 1. The molecule has 0 saturated carbocycles. The van der Waals surface area contributed by atoms with Gasteiger partial charge in [-0.25, -0.2) is 4.57 Å². The highest BCUT2D eigenvalue weighted by molar-refractivity contribution is 7.47. The van der Waals surface area contributed by atoms with E-state index in [9.17, 15) is 19.0 Å². The number of likely N-dealkylation sites (N-methyl/N-ethyl adjacent to an activating group) is 1. The van der Waals surface area contributed by atoms with Crippen molar-refractivity contribution in [3.05, 3.63) is 109 Å². The Morgan fingerprint density at radius 2 is 0.770 bits per heavy atom. The van der Waals surface area contributed by atoms with Gasteiger partial charge in [0.1, 0.15) is 19.8 Å². The minimum Gasteiger partial charge on any atom is -0.462 e. The van der Waals surface area contributed by atoms with E-state index in [2.05, 4.69) is 123 Å². The minimum absolute atomic E-state index is 0.0245. The number of hydrogen-bond donors (Lipinski definition) is 1. The van der Waals surface area contributed by atoms with E-state index >= 15 is 0 Å². The summed E-state index contributed by atoms with van der Waals surface area (Å²) in [6, 6.07) is 0. The van der Waals surface area contributed by atoms with Gasteiger partial charge in [0.15, 0.2) is 6.10 Å². The second-order valence-corrected chi connectivity index (χ2v) is 22.1. The lowest BCUT2D eigenvalue weighted by Crippen LogP contribution is -2.37. The number of esters is 2. The molecule has 74 heavy (non-hydrogen) atoms. The normalized spacial score (nSPS) is 14.1. The molecule has 424 valence electrons. The smallest absolute Gasteiger partial charge is 0.462 e. The summed E-state index contributed by atoms with van der Waals surface area (Å²) >= 11 is 0. The zero-order valence-electron chi connectivity index (χ0n) is 48.0. The van der Waals surface area contributed by atoms with Crippen LogP contribution in [0.3, 0.4) is 0 Å². The Kier molecular flexibility index (Phi) is 52.0. The molecule has 0 rings (SSSR count). The Morgan fingerprint density at radius 3 is 1.15 bits per heavy atom. The fraction of sp³-hybridized carbons (Fsp3) is 0.688. The Morgan fingerprint density at radius 1 is 0.432 bits per heavy atom. The van der Waals surface area contributed by atoms with Gasteiger partial charge in [-0.05, 0) is 103 Å². The molecule has 0 aromatic heterocycles. The molecule has 0 spiro atoms. The maximum absolute atomic E-state index is 12.8. The third-order valence-corrected chi connectivity index (χ3v) is 13.3. The fourth-order valence-electron chi connectivity index (χ4n) is 7.73. The molecule has 1 N–H and O–H groups in total. The van der Waals surface area contributed by atoms with Gasteiger partial charge in [0, 0.05) is 12.8 Å². The van der Waals surface area contributed by atoms with Crippen molar-refractivity contribution in [2.24, 2.45) is 0 Å². The van der Waals surface area contributed by atoms with Gasteiger partial charge in [-0.1, -0.05) is 226 Å². The number of unbranched alkanes of at least 4 members (excludes halogenated alkanes) is 21. The van der Waals surface area contributed by atoms with Crippen LogP contribution in [0.15, 0.2) is 109 Å². The van der Waals surface area contributed by atoms with Gasteiger partial charge >= 0.3 is 19.8 Å². The van der Waals surface area contributed by atoms with Crippen molar-refractivity contribution in [1.82, 2.24) is 0 Å². The molecule has 9 nitrogen and oxygen atoms in total. The van der Waals surface area contributed by atoms with Gasteiger partial charge in [0.2, 0.25) is 0 Å². The van der Waals surface area contributed by atoms with Crippen LogP contribution in [0.25, 0.3) is 0 Å². The summed E-state index contributed by atoms with van der Waals surface area (Å²) in [6.07, 6.45) is 75.8. The maximum Gasteiger partial charge on any atom is 0.472 e. The molecule has 0 aliphatic rings. The topological polar surface area (TPSA) is 108 Å². The van der Waals surface area contributed by atoms with Crippen molar-refractivity contribution in [3.63, 3.8) is 0 Å². The molecule has 0 bridgehead atoms. The van der Waals surface area contributed by atoms with E-state index in [0.29, 0.717) is 17.4 Å². The molecule has 0 amide bonds. The molecule has 10 heteroatoms. The van der Waals surface area contributed by atoms with E-state index in [-0.39, 0.29) is 32.0 Å². The average molecular weight is 1050 g/mol. The molecule has 0 aromatic carbocycles. The number of ether oxygens (including phenoxy) is 2. The van der Waals surface area contributed by atoms with Crippen molar-refractivity contribution in [1.29, 1.82) is 0 Å². The largest absolute Gasteiger partial charge is 0.472 e. The molecular formula is C64H111NO8P+. The lowest BCUT2D eigenvalue weighted by molar-refractivity contribution is -0.870. The van der Waals surface area contributed by atoms with E-state index < -0.39 is 26.5 Å². The monoisotopic (exact) mass is 1050 g/mol. The number of carbonyl (C=O) groups is 2. The van der Waals surface area contributed by atoms with Crippen LogP contribution in [0, 0.1) is 0 Å². The minimum atomic E-state index is -4.40. The zero-order chi connectivity index (χ0) is 54.2. The van der Waals surface area contributed by atoms with Gasteiger partial charge in [0.25, 0.3) is 0 Å². The fourth-order valence-corrected chi connectivity index (χ4v) is 8.47. The highest BCUT2D eigenvalue weighted by Crippen LogP contribution is 2.43. The van der Waals surface area contributed by atoms with E-state index in [4.69, 9.17) is 18.5 Å². The molecule has 0 radical (unpaired) electrons. The zero-order valence-corrected chi connectivity index (χ0v) is 48.9. The first-order valence-corrected chi connectivity index (χ1v) is 31.1. The molecule has 0 aliphatic heterocycles. The number of phosphoric acid groups is 1. The molecular weight excluding hydrogens is 942 g/mol. The summed E-state index contributed by atoms with van der Waals surface area (Å²) in [7, 11) is 1.46. The maximum atomic E-state index is 12.8. The van der Waals surface area contributed by atoms with Gasteiger partial charge < -0.3 is 18.9 Å². The Labute approximate surface area is 455 Å². The van der Waals surface area contributed by atoms with Crippen molar-refractivity contribution in [3.8, 4) is 0 Å². The summed E-state index contributed by atoms with van der Waals surface area (Å²) in [5.41, 5.74) is 0. The van der Waals surface area contributed by atoms with Crippen LogP contribution >= 0.6 is 7.82 Å². The Bertz CT molecular complexity index is 1620. The summed E-state index contributed by atoms with van der Waals surface area (Å²) < 4.78 is 34.6. The van der Waals surface area contributed by atoms with E-state index in [1.165, 1.54) is 103 Å². The quantitative estimate of drug-likeness (QED) is 0.0211. The Hall–Kier alpha value is -3.33. The van der Waals surface area contributed by atoms with Crippen LogP contribution in [0.2, 0.25) is 0 Å². The third-order valence-electron chi connectivity index (χ3n) is 12.3. The van der Waals surface area contributed by atoms with Crippen LogP contribution in [0.4, 0.5) is 0 Å². The third kappa shape index (κ3) is 57.9. The molecule has 2 atom stereocenters. The molecule has 0 saturated heterocycles. The molecule has 0 heterocycles. The van der Waals surface area contributed by atoms with Crippen LogP contribution in [-0.2, 0) is 32.7 Å². The molecule has 2 unspecified atom stereocenters. The number of nitrogens with zero attached hydrogens (tertiary/aromatic N) is 1. The average Bonchev–Trinajstić information content (AvgIpc) is 3.36. The van der Waals surface area contributed by atoms with Crippen LogP contribution in [-0.4, -0.2) is 74.9 Å². The summed E-state index contributed by atoms with van der Waals surface area (Å²) in [5, 5.41) is 0. The summed E-state index contributed by atoms with van der Waals surface area (Å²) in [5.74, 6) is -0.813. The lowest BCUT2D eigenvalue weighted by atomic mass is 10.1. The second kappa shape index (κ2) is 54.5. The van der Waals surface area contributed by atoms with Crippen molar-refractivity contribution in [2.45, 2.75) is 238 Å². The SMILES string of the molecule is CC/C=C\C/C=C\C/C=C\C/C=C\C/C=C\C/C=C\C/C=C\CCCCCCCCCCCC(=O)OC(COC(=O)CCCCCCCCCCC/C=C\C/C=C\CCCCC)COP(=O)(O)OCC[N+](C)(C)C. The number of carbonyl (C=O) groups excluding carboxylic acids is 2. The standard InChI is InChI=1S/C64H110NO8P/c1-6-8-10-12-14-16-18-20-22-24-26-27-28-29-30-31-32-33-34-35-36-37-39-41-43-45-47-49-51-53-55-57-64(67)73-62(61-72-74(68,69)71-59-58-65(3,4)5)60-70-63(66)56-54-52-50-48-46-44-42-40-38-25-23-21-19-17-15-13-11-9-7-2/h8,10,14-17,20-23,26-27,29-30,32-33,35-36,62H,6-7,9,11-13,18-19,24-25,28,31,34,37-61H2,1-5H3/p+1/b10-8-,16-14-,17-15-,22-20-,23-21-,27-26-,30-29-,33-32-,36-35-. The van der Waals surface area contributed by atoms with E-state index in [0.717, 1.165) is 96.3 Å². The van der Waals surface area contributed by atoms with Gasteiger partial charge in [-0.2, -0.15) is 0 Å². The first-order chi connectivity index (χ1) is 36.0. The second-order valence-electron chi connectivity index (χ2n) is 20.6. The molecule has 0 fully saturated rings. The van der Waals surface area contributed by atoms with Crippen molar-refractivity contribution in [2.75, 3.05) is 47.5 Å². The van der Waals surface area contributed by atoms with Crippen LogP contribution in [0.1, 0.15) is 232 Å². The predicted octanol–water partition coefficient (Wildman–Crippen LogP) is 18.6. The summed E-state index contributed by atoms with van der Waals surface area (Å²) in [4.78, 5) is 35.7. The van der Waals surface area contributed by atoms with E-state index in [1.54, 1.807) is 0 Å². The van der Waals surface area contributed by atoms with Crippen molar-refractivity contribution < 1.29 is 42.1 Å². The van der Waals surface area contributed by atoms with E-state index in [1.807, 2.05) is 21.1 Å². The van der Waals surface area contributed by atoms with Gasteiger partial charge in [-0.15, -0.1) is 0 Å². The number of hydrogen-bond acceptors (Lipinski definition) is 7. The highest BCUT2D eigenvalue weighted by Gasteiger charge is 2.27. The van der Waals surface area contributed by atoms with Crippen molar-refractivity contribution >= 4 is 19.8 Å². The van der Waals surface area contributed by atoms with Crippen LogP contribution in [0.5, 0.6) is 0 Å². The van der Waals surface area contributed by atoms with Gasteiger partial charge in [-0.3, -0.25) is 18.6 Å². The molecule has 0 aliphatic carbocycles. The number of rotatable bonds is 53. The first kappa shape index (κ1) is 70.7.